The molecule has 168 valence electrons. The number of amides is 1. The molecule has 0 radical (unpaired) electrons. The van der Waals surface area contributed by atoms with Crippen molar-refractivity contribution in [1.82, 2.24) is 0 Å². The molecule has 0 bridgehead atoms. The molecule has 0 atom stereocenters. The molecule has 0 aromatic heterocycles. The fourth-order valence-corrected chi connectivity index (χ4v) is 4.83. The van der Waals surface area contributed by atoms with E-state index in [0.717, 1.165) is 16.4 Å². The lowest BCUT2D eigenvalue weighted by atomic mass is 10.3. The van der Waals surface area contributed by atoms with Gasteiger partial charge < -0.3 is 10.1 Å². The van der Waals surface area contributed by atoms with Gasteiger partial charge in [-0.3, -0.25) is 9.10 Å². The quantitative estimate of drug-likeness (QED) is 0.455. The highest BCUT2D eigenvalue weighted by molar-refractivity contribution is 7.92. The molecule has 0 spiro atoms. The highest BCUT2D eigenvalue weighted by Crippen LogP contribution is 2.26. The van der Waals surface area contributed by atoms with Gasteiger partial charge in [0.1, 0.15) is 18.1 Å². The Labute approximate surface area is 195 Å². The van der Waals surface area contributed by atoms with Crippen LogP contribution in [0, 0.1) is 5.82 Å². The molecule has 0 aliphatic carbocycles. The predicted octanol–water partition coefficient (Wildman–Crippen LogP) is 5.37. The van der Waals surface area contributed by atoms with Gasteiger partial charge in [0, 0.05) is 15.7 Å². The Bertz CT molecular complexity index is 1180. The highest BCUT2D eigenvalue weighted by atomic mass is 35.5. The Hall–Kier alpha value is -2.81. The lowest BCUT2D eigenvalue weighted by Crippen LogP contribution is -2.38. The summed E-state index contributed by atoms with van der Waals surface area (Å²) in [6.07, 6.45) is 0. The van der Waals surface area contributed by atoms with E-state index >= 15 is 0 Å². The number of sulfonamides is 1. The van der Waals surface area contributed by atoms with Crippen molar-refractivity contribution in [2.75, 3.05) is 22.8 Å². The van der Waals surface area contributed by atoms with Crippen LogP contribution < -0.4 is 14.4 Å². The van der Waals surface area contributed by atoms with Gasteiger partial charge in [-0.1, -0.05) is 23.2 Å². The maximum absolute atomic E-state index is 13.4. The van der Waals surface area contributed by atoms with Crippen molar-refractivity contribution < 1.29 is 22.3 Å². The summed E-state index contributed by atoms with van der Waals surface area (Å²) in [5.74, 6) is -0.664. The van der Waals surface area contributed by atoms with Gasteiger partial charge in [-0.25, -0.2) is 12.8 Å². The standard InChI is InChI=1S/C22H19Cl2FN2O4S/c1-2-31-20-7-9-21(10-8-20)32(29,30)27(19-5-3-17(25)4-6-19)14-22(28)26-18-12-15(23)11-16(24)13-18/h3-13H,2,14H2,1H3,(H,26,28). The average Bonchev–Trinajstić information content (AvgIpc) is 2.72. The molecule has 3 aromatic rings. The summed E-state index contributed by atoms with van der Waals surface area (Å²) < 4.78 is 46.4. The zero-order valence-corrected chi connectivity index (χ0v) is 19.2. The lowest BCUT2D eigenvalue weighted by molar-refractivity contribution is -0.114. The summed E-state index contributed by atoms with van der Waals surface area (Å²) in [5, 5.41) is 3.20. The summed E-state index contributed by atoms with van der Waals surface area (Å²) in [6.45, 7) is 1.68. The summed E-state index contributed by atoms with van der Waals surface area (Å²) in [6, 6.07) is 15.1. The number of benzene rings is 3. The van der Waals surface area contributed by atoms with Gasteiger partial charge in [0.05, 0.1) is 17.2 Å². The van der Waals surface area contributed by atoms with Crippen LogP contribution in [0.4, 0.5) is 15.8 Å². The van der Waals surface area contributed by atoms with Crippen LogP contribution in [0.5, 0.6) is 5.75 Å². The monoisotopic (exact) mass is 496 g/mol. The maximum atomic E-state index is 13.4. The Balaban J connectivity index is 1.92. The first kappa shape index (κ1) is 23.8. The number of hydrogen-bond donors (Lipinski definition) is 1. The van der Waals surface area contributed by atoms with Crippen molar-refractivity contribution in [1.29, 1.82) is 0 Å². The molecule has 32 heavy (non-hydrogen) atoms. The minimum Gasteiger partial charge on any atom is -0.494 e. The number of rotatable bonds is 8. The van der Waals surface area contributed by atoms with Crippen molar-refractivity contribution in [2.45, 2.75) is 11.8 Å². The third kappa shape index (κ3) is 5.91. The Morgan fingerprint density at radius 2 is 1.59 bits per heavy atom. The topological polar surface area (TPSA) is 75.7 Å². The van der Waals surface area contributed by atoms with Crippen LogP contribution >= 0.6 is 23.2 Å². The van der Waals surface area contributed by atoms with Gasteiger partial charge in [-0.15, -0.1) is 0 Å². The molecular formula is C22H19Cl2FN2O4S. The number of hydrogen-bond acceptors (Lipinski definition) is 4. The third-order valence-electron chi connectivity index (χ3n) is 4.27. The van der Waals surface area contributed by atoms with Gasteiger partial charge in [-0.2, -0.15) is 0 Å². The van der Waals surface area contributed by atoms with Gasteiger partial charge >= 0.3 is 0 Å². The lowest BCUT2D eigenvalue weighted by Gasteiger charge is -2.24. The second-order valence-electron chi connectivity index (χ2n) is 6.60. The summed E-state index contributed by atoms with van der Waals surface area (Å²) in [5.41, 5.74) is 0.435. The van der Waals surface area contributed by atoms with Crippen LogP contribution in [0.25, 0.3) is 0 Å². The second kappa shape index (κ2) is 10.2. The number of halogens is 3. The molecular weight excluding hydrogens is 478 g/mol. The van der Waals surface area contributed by atoms with Crippen LogP contribution in [0.3, 0.4) is 0 Å². The van der Waals surface area contributed by atoms with E-state index in [0.29, 0.717) is 28.1 Å². The van der Waals surface area contributed by atoms with Crippen molar-refractivity contribution in [2.24, 2.45) is 0 Å². The molecule has 6 nitrogen and oxygen atoms in total. The normalized spacial score (nSPS) is 11.1. The van der Waals surface area contributed by atoms with Crippen LogP contribution in [0.1, 0.15) is 6.92 Å². The molecule has 0 unspecified atom stereocenters. The molecule has 3 rings (SSSR count). The minimum absolute atomic E-state index is 0.0520. The largest absolute Gasteiger partial charge is 0.494 e. The molecule has 0 saturated heterocycles. The number of ether oxygens (including phenoxy) is 1. The van der Waals surface area contributed by atoms with E-state index in [4.69, 9.17) is 27.9 Å². The van der Waals surface area contributed by atoms with E-state index in [-0.39, 0.29) is 10.6 Å². The molecule has 0 saturated carbocycles. The number of carbonyl (C=O) groups is 1. The fourth-order valence-electron chi connectivity index (χ4n) is 2.88. The fraction of sp³-hybridized carbons (Fsp3) is 0.136. The number of nitrogens with one attached hydrogen (secondary N) is 1. The maximum Gasteiger partial charge on any atom is 0.264 e. The molecule has 0 fully saturated rings. The van der Waals surface area contributed by atoms with E-state index in [1.807, 2.05) is 6.92 Å². The van der Waals surface area contributed by atoms with Crippen molar-refractivity contribution >= 4 is 50.5 Å². The first-order valence-corrected chi connectivity index (χ1v) is 11.7. The van der Waals surface area contributed by atoms with E-state index in [1.54, 1.807) is 0 Å². The van der Waals surface area contributed by atoms with E-state index in [1.165, 1.54) is 54.6 Å². The highest BCUT2D eigenvalue weighted by Gasteiger charge is 2.27. The predicted molar refractivity (Wildman–Crippen MR) is 124 cm³/mol. The van der Waals surface area contributed by atoms with Gasteiger partial charge in [0.25, 0.3) is 10.0 Å². The Morgan fingerprint density at radius 1 is 1.00 bits per heavy atom. The van der Waals surface area contributed by atoms with E-state index < -0.39 is 28.3 Å². The Kier molecular flexibility index (Phi) is 7.60. The van der Waals surface area contributed by atoms with Gasteiger partial charge in [-0.05, 0) is 73.7 Å². The molecule has 10 heteroatoms. The second-order valence-corrected chi connectivity index (χ2v) is 9.33. The van der Waals surface area contributed by atoms with Crippen LogP contribution in [-0.2, 0) is 14.8 Å². The number of nitrogens with zero attached hydrogens (tertiary/aromatic N) is 1. The zero-order valence-electron chi connectivity index (χ0n) is 16.9. The van der Waals surface area contributed by atoms with Crippen LogP contribution in [0.15, 0.2) is 71.6 Å². The molecule has 0 aliphatic heterocycles. The first-order valence-electron chi connectivity index (χ1n) is 9.46. The van der Waals surface area contributed by atoms with E-state index in [2.05, 4.69) is 5.32 Å². The molecule has 0 aliphatic rings. The van der Waals surface area contributed by atoms with Crippen molar-refractivity contribution in [3.05, 3.63) is 82.6 Å². The van der Waals surface area contributed by atoms with E-state index in [9.17, 15) is 17.6 Å². The smallest absolute Gasteiger partial charge is 0.264 e. The molecule has 1 amide bonds. The minimum atomic E-state index is -4.16. The average molecular weight is 497 g/mol. The summed E-state index contributed by atoms with van der Waals surface area (Å²) in [7, 11) is -4.16. The number of carbonyl (C=O) groups excluding carboxylic acids is 1. The third-order valence-corrected chi connectivity index (χ3v) is 6.50. The van der Waals surface area contributed by atoms with Crippen molar-refractivity contribution in [3.63, 3.8) is 0 Å². The molecule has 3 aromatic carbocycles. The van der Waals surface area contributed by atoms with Gasteiger partial charge in [0.15, 0.2) is 0 Å². The van der Waals surface area contributed by atoms with Crippen molar-refractivity contribution in [3.8, 4) is 5.75 Å². The SMILES string of the molecule is CCOc1ccc(S(=O)(=O)N(CC(=O)Nc2cc(Cl)cc(Cl)c2)c2ccc(F)cc2)cc1. The summed E-state index contributed by atoms with van der Waals surface area (Å²) in [4.78, 5) is 12.7. The first-order chi connectivity index (χ1) is 15.2. The Morgan fingerprint density at radius 3 is 2.16 bits per heavy atom. The molecule has 0 heterocycles. The molecule has 1 N–H and O–H groups in total. The van der Waals surface area contributed by atoms with Crippen LogP contribution in [-0.4, -0.2) is 27.5 Å². The number of anilines is 2. The summed E-state index contributed by atoms with van der Waals surface area (Å²) >= 11 is 11.9. The zero-order chi connectivity index (χ0) is 23.3. The van der Waals surface area contributed by atoms with Crippen LogP contribution in [0.2, 0.25) is 10.0 Å². The van der Waals surface area contributed by atoms with Gasteiger partial charge in [0.2, 0.25) is 5.91 Å².